The van der Waals surface area contributed by atoms with E-state index < -0.39 is 6.67 Å². The summed E-state index contributed by atoms with van der Waals surface area (Å²) in [5.41, 5.74) is 3.27. The van der Waals surface area contributed by atoms with Gasteiger partial charge in [-0.1, -0.05) is 29.8 Å². The molecule has 1 heterocycles. The lowest BCUT2D eigenvalue weighted by molar-refractivity contribution is 0.462. The molecule has 1 aliphatic carbocycles. The van der Waals surface area contributed by atoms with Gasteiger partial charge in [-0.15, -0.1) is 12.4 Å². The molecule has 3 rings (SSSR count). The van der Waals surface area contributed by atoms with Gasteiger partial charge in [-0.05, 0) is 43.7 Å². The van der Waals surface area contributed by atoms with Crippen LogP contribution < -0.4 is 5.32 Å². The van der Waals surface area contributed by atoms with E-state index in [0.29, 0.717) is 0 Å². The van der Waals surface area contributed by atoms with Gasteiger partial charge in [0, 0.05) is 22.8 Å². The Morgan fingerprint density at radius 3 is 2.70 bits per heavy atom. The van der Waals surface area contributed by atoms with E-state index in [1.807, 2.05) is 24.3 Å². The SMILES string of the molecule is Cl.FCc1nc2c(c(NCCc3ccccc3Cl)n1)CCCC2. The number of anilines is 1. The summed E-state index contributed by atoms with van der Waals surface area (Å²) < 4.78 is 12.9. The molecule has 2 aromatic rings. The van der Waals surface area contributed by atoms with Gasteiger partial charge in [-0.2, -0.15) is 0 Å². The Labute approximate surface area is 147 Å². The molecule has 3 nitrogen and oxygen atoms in total. The van der Waals surface area contributed by atoms with Crippen molar-refractivity contribution in [2.24, 2.45) is 0 Å². The van der Waals surface area contributed by atoms with E-state index in [-0.39, 0.29) is 18.2 Å². The van der Waals surface area contributed by atoms with E-state index in [1.54, 1.807) is 0 Å². The van der Waals surface area contributed by atoms with Gasteiger partial charge in [0.05, 0.1) is 0 Å². The average molecular weight is 356 g/mol. The summed E-state index contributed by atoms with van der Waals surface area (Å²) in [6.45, 7) is 0.103. The van der Waals surface area contributed by atoms with Gasteiger partial charge in [-0.3, -0.25) is 0 Å². The van der Waals surface area contributed by atoms with Gasteiger partial charge in [-0.25, -0.2) is 14.4 Å². The third kappa shape index (κ3) is 4.33. The van der Waals surface area contributed by atoms with Gasteiger partial charge in [0.15, 0.2) is 5.82 Å². The van der Waals surface area contributed by atoms with Crippen molar-refractivity contribution in [1.29, 1.82) is 0 Å². The number of rotatable bonds is 5. The average Bonchev–Trinajstić information content (AvgIpc) is 2.56. The number of fused-ring (bicyclic) bond motifs is 1. The van der Waals surface area contributed by atoms with Crippen LogP contribution >= 0.6 is 24.0 Å². The third-order valence-corrected chi connectivity index (χ3v) is 4.36. The number of nitrogens with zero attached hydrogens (tertiary/aromatic N) is 2. The molecule has 124 valence electrons. The largest absolute Gasteiger partial charge is 0.369 e. The van der Waals surface area contributed by atoms with E-state index >= 15 is 0 Å². The summed E-state index contributed by atoms with van der Waals surface area (Å²) in [6.07, 6.45) is 4.96. The predicted molar refractivity (Wildman–Crippen MR) is 94.4 cm³/mol. The van der Waals surface area contributed by atoms with Crippen LogP contribution in [0.4, 0.5) is 10.2 Å². The molecule has 1 aromatic heterocycles. The number of halogens is 3. The summed E-state index contributed by atoms with van der Waals surface area (Å²) >= 11 is 6.17. The first-order chi connectivity index (χ1) is 10.8. The van der Waals surface area contributed by atoms with Gasteiger partial charge >= 0.3 is 0 Å². The van der Waals surface area contributed by atoms with E-state index in [2.05, 4.69) is 15.3 Å². The van der Waals surface area contributed by atoms with Crippen molar-refractivity contribution >= 4 is 29.8 Å². The minimum Gasteiger partial charge on any atom is -0.369 e. The fourth-order valence-corrected chi connectivity index (χ4v) is 3.10. The maximum Gasteiger partial charge on any atom is 0.162 e. The molecule has 23 heavy (non-hydrogen) atoms. The van der Waals surface area contributed by atoms with Crippen LogP contribution in [0, 0.1) is 0 Å². The first-order valence-electron chi connectivity index (χ1n) is 7.70. The van der Waals surface area contributed by atoms with Crippen molar-refractivity contribution < 1.29 is 4.39 Å². The van der Waals surface area contributed by atoms with Crippen molar-refractivity contribution in [3.05, 3.63) is 51.9 Å². The fraction of sp³-hybridized carbons (Fsp3) is 0.412. The van der Waals surface area contributed by atoms with Gasteiger partial charge < -0.3 is 5.32 Å². The lowest BCUT2D eigenvalue weighted by Gasteiger charge is -2.19. The molecule has 1 N–H and O–H groups in total. The lowest BCUT2D eigenvalue weighted by Crippen LogP contribution is -2.16. The smallest absolute Gasteiger partial charge is 0.162 e. The van der Waals surface area contributed by atoms with Gasteiger partial charge in [0.2, 0.25) is 0 Å². The summed E-state index contributed by atoms with van der Waals surface area (Å²) in [4.78, 5) is 8.65. The van der Waals surface area contributed by atoms with Crippen molar-refractivity contribution in [3.8, 4) is 0 Å². The van der Waals surface area contributed by atoms with Crippen LogP contribution in [0.2, 0.25) is 5.02 Å². The number of hydrogen-bond acceptors (Lipinski definition) is 3. The molecule has 0 amide bonds. The Morgan fingerprint density at radius 1 is 1.13 bits per heavy atom. The summed E-state index contributed by atoms with van der Waals surface area (Å²) in [5.74, 6) is 1.07. The van der Waals surface area contributed by atoms with Crippen LogP contribution in [-0.4, -0.2) is 16.5 Å². The second-order valence-corrected chi connectivity index (χ2v) is 5.93. The molecule has 0 spiro atoms. The van der Waals surface area contributed by atoms with E-state index in [0.717, 1.165) is 66.3 Å². The molecule has 0 bridgehead atoms. The van der Waals surface area contributed by atoms with Crippen LogP contribution in [0.3, 0.4) is 0 Å². The van der Waals surface area contributed by atoms with Gasteiger partial charge in [0.1, 0.15) is 12.5 Å². The highest BCUT2D eigenvalue weighted by molar-refractivity contribution is 6.31. The van der Waals surface area contributed by atoms with Crippen molar-refractivity contribution in [2.45, 2.75) is 38.8 Å². The number of aromatic nitrogens is 2. The predicted octanol–water partition coefficient (Wildman–Crippen LogP) is 4.55. The number of benzene rings is 1. The molecule has 0 fully saturated rings. The first-order valence-corrected chi connectivity index (χ1v) is 8.07. The van der Waals surface area contributed by atoms with E-state index in [1.165, 1.54) is 0 Å². The van der Waals surface area contributed by atoms with E-state index in [9.17, 15) is 4.39 Å². The molecular formula is C17H20Cl2FN3. The molecule has 0 aliphatic heterocycles. The summed E-state index contributed by atoms with van der Waals surface area (Å²) in [6, 6.07) is 7.82. The van der Waals surface area contributed by atoms with Crippen molar-refractivity contribution in [1.82, 2.24) is 9.97 Å². The normalized spacial score (nSPS) is 13.1. The summed E-state index contributed by atoms with van der Waals surface area (Å²) in [5, 5.41) is 4.12. The maximum absolute atomic E-state index is 12.9. The molecule has 1 aliphatic rings. The first kappa shape index (κ1) is 18.0. The zero-order valence-electron chi connectivity index (χ0n) is 12.8. The Bertz CT molecular complexity index is 664. The standard InChI is InChI=1S/C17H19ClFN3.ClH/c18-14-7-3-1-5-12(14)9-10-20-17-13-6-2-4-8-15(13)21-16(11-19)22-17;/h1,3,5,7H,2,4,6,8-11H2,(H,20,21,22);1H. The van der Waals surface area contributed by atoms with Crippen LogP contribution in [0.5, 0.6) is 0 Å². The molecule has 0 radical (unpaired) electrons. The van der Waals surface area contributed by atoms with Crippen LogP contribution in [-0.2, 0) is 25.9 Å². The highest BCUT2D eigenvalue weighted by Crippen LogP contribution is 2.26. The molecule has 6 heteroatoms. The Kier molecular flexibility index (Phi) is 6.60. The van der Waals surface area contributed by atoms with Crippen LogP contribution in [0.1, 0.15) is 35.5 Å². The lowest BCUT2D eigenvalue weighted by atomic mass is 9.96. The van der Waals surface area contributed by atoms with Crippen molar-refractivity contribution in [3.63, 3.8) is 0 Å². The number of hydrogen-bond donors (Lipinski definition) is 1. The Morgan fingerprint density at radius 2 is 1.91 bits per heavy atom. The number of nitrogens with one attached hydrogen (secondary N) is 1. The van der Waals surface area contributed by atoms with Crippen LogP contribution in [0.15, 0.2) is 24.3 Å². The molecule has 0 atom stereocenters. The second-order valence-electron chi connectivity index (χ2n) is 5.52. The summed E-state index contributed by atoms with van der Waals surface area (Å²) in [7, 11) is 0. The quantitative estimate of drug-likeness (QED) is 0.854. The van der Waals surface area contributed by atoms with Crippen LogP contribution in [0.25, 0.3) is 0 Å². The zero-order chi connectivity index (χ0) is 15.4. The number of aryl methyl sites for hydroxylation is 1. The monoisotopic (exact) mass is 355 g/mol. The molecule has 1 aromatic carbocycles. The molecule has 0 saturated heterocycles. The topological polar surface area (TPSA) is 37.8 Å². The second kappa shape index (κ2) is 8.46. The third-order valence-electron chi connectivity index (χ3n) is 3.99. The Hall–Kier alpha value is -1.39. The fourth-order valence-electron chi connectivity index (χ4n) is 2.87. The minimum absolute atomic E-state index is 0. The number of alkyl halides is 1. The molecule has 0 saturated carbocycles. The molecular weight excluding hydrogens is 336 g/mol. The van der Waals surface area contributed by atoms with Gasteiger partial charge in [0.25, 0.3) is 0 Å². The zero-order valence-corrected chi connectivity index (χ0v) is 14.4. The Balaban J connectivity index is 0.00000192. The minimum atomic E-state index is -0.619. The maximum atomic E-state index is 12.9. The highest BCUT2D eigenvalue weighted by atomic mass is 35.5. The highest BCUT2D eigenvalue weighted by Gasteiger charge is 2.17. The van der Waals surface area contributed by atoms with E-state index in [4.69, 9.17) is 11.6 Å². The molecule has 0 unspecified atom stereocenters. The van der Waals surface area contributed by atoms with Crippen molar-refractivity contribution in [2.75, 3.05) is 11.9 Å².